The summed E-state index contributed by atoms with van der Waals surface area (Å²) < 4.78 is 5.18. The molecule has 0 saturated heterocycles. The van der Waals surface area contributed by atoms with Gasteiger partial charge in [0.2, 0.25) is 0 Å². The summed E-state index contributed by atoms with van der Waals surface area (Å²) in [6.45, 7) is 0. The Labute approximate surface area is 286 Å². The van der Waals surface area contributed by atoms with E-state index in [2.05, 4.69) is 127 Å². The molecule has 0 saturated carbocycles. The van der Waals surface area contributed by atoms with Crippen LogP contribution in [-0.2, 0) is 12.8 Å². The van der Waals surface area contributed by atoms with Gasteiger partial charge < -0.3 is 20.4 Å². The molecule has 0 aliphatic rings. The van der Waals surface area contributed by atoms with E-state index in [0.29, 0.717) is 48.6 Å². The summed E-state index contributed by atoms with van der Waals surface area (Å²) in [6, 6.07) is 15.0. The Balaban J connectivity index is 0.000000211. The van der Waals surface area contributed by atoms with E-state index < -0.39 is 0 Å². The highest BCUT2D eigenvalue weighted by molar-refractivity contribution is 9.12. The van der Waals surface area contributed by atoms with Crippen molar-refractivity contribution < 1.29 is 20.4 Å². The smallest absolute Gasteiger partial charge is 0.143 e. The third-order valence-corrected chi connectivity index (χ3v) is 9.96. The van der Waals surface area contributed by atoms with Gasteiger partial charge in [-0.05, 0) is 211 Å². The molecule has 4 N–H and O–H groups in total. The number of hydrogen-bond donors (Lipinski definition) is 4. The molecule has 0 bridgehead atoms. The van der Waals surface area contributed by atoms with E-state index in [-0.39, 0.29) is 23.0 Å². The van der Waals surface area contributed by atoms with Gasteiger partial charge in [-0.15, -0.1) is 0 Å². The Hall–Kier alpha value is -0.0800. The molecular weight excluding hydrogens is 1020 g/mol. The molecule has 0 spiro atoms. The van der Waals surface area contributed by atoms with Crippen molar-refractivity contribution in [1.82, 2.24) is 0 Å². The number of phenols is 4. The van der Waals surface area contributed by atoms with E-state index in [4.69, 9.17) is 0 Å². The van der Waals surface area contributed by atoms with Gasteiger partial charge in [0.15, 0.2) is 0 Å². The average molecular weight is 1030 g/mol. The third-order valence-electron chi connectivity index (χ3n) is 5.12. The van der Waals surface area contributed by atoms with Gasteiger partial charge in [-0.3, -0.25) is 0 Å². The van der Waals surface area contributed by atoms with Gasteiger partial charge in [0.05, 0.1) is 35.8 Å². The van der Waals surface area contributed by atoms with Crippen LogP contribution in [-0.4, -0.2) is 20.4 Å². The van der Waals surface area contributed by atoms with E-state index in [1.807, 2.05) is 48.5 Å². The van der Waals surface area contributed by atoms with E-state index in [1.165, 1.54) is 0 Å². The van der Waals surface area contributed by atoms with Crippen LogP contribution in [0.5, 0.6) is 23.0 Å². The maximum atomic E-state index is 9.68. The molecule has 38 heavy (non-hydrogen) atoms. The highest BCUT2D eigenvalue weighted by atomic mass is 79.9. The second-order valence-corrected chi connectivity index (χ2v) is 14.8. The van der Waals surface area contributed by atoms with Crippen molar-refractivity contribution in [2.24, 2.45) is 0 Å². The van der Waals surface area contributed by atoms with Crippen molar-refractivity contribution in [3.63, 3.8) is 0 Å². The average Bonchev–Trinajstić information content (AvgIpc) is 2.83. The van der Waals surface area contributed by atoms with E-state index >= 15 is 0 Å². The summed E-state index contributed by atoms with van der Waals surface area (Å²) in [5.74, 6) is 0.766. The Morgan fingerprint density at radius 2 is 0.447 bits per heavy atom. The largest absolute Gasteiger partial charge is 0.506 e. The molecule has 0 unspecified atom stereocenters. The third kappa shape index (κ3) is 8.47. The van der Waals surface area contributed by atoms with Gasteiger partial charge in [-0.1, -0.05) is 0 Å². The minimum Gasteiger partial charge on any atom is -0.506 e. The van der Waals surface area contributed by atoms with Crippen LogP contribution < -0.4 is 0 Å². The molecule has 4 aromatic carbocycles. The van der Waals surface area contributed by atoms with E-state index in [9.17, 15) is 20.4 Å². The number of benzene rings is 4. The second-order valence-electron chi connectivity index (χ2n) is 7.99. The molecule has 4 aromatic rings. The van der Waals surface area contributed by atoms with Crippen LogP contribution >= 0.6 is 127 Å². The van der Waals surface area contributed by atoms with Gasteiger partial charge in [0.25, 0.3) is 0 Å². The molecule has 0 fully saturated rings. The van der Waals surface area contributed by atoms with Crippen LogP contribution in [0.15, 0.2) is 84.3 Å². The molecule has 0 aromatic heterocycles. The van der Waals surface area contributed by atoms with Gasteiger partial charge >= 0.3 is 0 Å². The molecule has 4 rings (SSSR count). The lowest BCUT2D eigenvalue weighted by Crippen LogP contribution is -1.90. The first-order valence-corrected chi connectivity index (χ1v) is 16.8. The Morgan fingerprint density at radius 3 is 0.579 bits per heavy atom. The number of hydrogen-bond acceptors (Lipinski definition) is 4. The zero-order valence-corrected chi connectivity index (χ0v) is 31.5. The van der Waals surface area contributed by atoms with Gasteiger partial charge in [0, 0.05) is 0 Å². The quantitative estimate of drug-likeness (QED) is 0.164. The molecular formula is C26H16Br8O4. The minimum absolute atomic E-state index is 0.191. The van der Waals surface area contributed by atoms with Crippen molar-refractivity contribution in [2.45, 2.75) is 12.8 Å². The van der Waals surface area contributed by atoms with Gasteiger partial charge in [-0.2, -0.15) is 0 Å². The summed E-state index contributed by atoms with van der Waals surface area (Å²) in [7, 11) is 0. The summed E-state index contributed by atoms with van der Waals surface area (Å²) in [4.78, 5) is 0. The first kappa shape index (κ1) is 32.4. The maximum Gasteiger partial charge on any atom is 0.143 e. The van der Waals surface area contributed by atoms with Crippen LogP contribution in [0.1, 0.15) is 22.3 Å². The Morgan fingerprint density at radius 1 is 0.316 bits per heavy atom. The van der Waals surface area contributed by atoms with Crippen LogP contribution in [0.4, 0.5) is 0 Å². The second kappa shape index (κ2) is 14.2. The first-order chi connectivity index (χ1) is 17.8. The fraction of sp³-hybridized carbons (Fsp3) is 0.0769. The maximum absolute atomic E-state index is 9.68. The summed E-state index contributed by atoms with van der Waals surface area (Å²) >= 11 is 26.5. The van der Waals surface area contributed by atoms with Gasteiger partial charge in [0.1, 0.15) is 23.0 Å². The van der Waals surface area contributed by atoms with Crippen LogP contribution in [0.3, 0.4) is 0 Å². The van der Waals surface area contributed by atoms with Crippen LogP contribution in [0.25, 0.3) is 0 Å². The molecule has 200 valence electrons. The zero-order valence-electron chi connectivity index (χ0n) is 18.8. The van der Waals surface area contributed by atoms with E-state index in [1.54, 1.807) is 0 Å². The number of phenolic OH excluding ortho intramolecular Hbond substituents is 4. The number of halogens is 8. The Bertz CT molecular complexity index is 1190. The van der Waals surface area contributed by atoms with Gasteiger partial charge in [-0.25, -0.2) is 0 Å². The molecule has 0 atom stereocenters. The van der Waals surface area contributed by atoms with Crippen molar-refractivity contribution in [2.75, 3.05) is 0 Å². The highest BCUT2D eigenvalue weighted by Gasteiger charge is 2.11. The lowest BCUT2D eigenvalue weighted by Gasteiger charge is -2.08. The summed E-state index contributed by atoms with van der Waals surface area (Å²) in [5.41, 5.74) is 4.17. The number of rotatable bonds is 4. The zero-order chi connectivity index (χ0) is 28.3. The molecule has 12 heteroatoms. The Kier molecular flexibility index (Phi) is 12.1. The standard InChI is InChI=1S/2C13H8Br4O2/c2*14-8-2-6(3-9(15)12(8)18)1-7-4-10(16)13(19)11(17)5-7/h2*2-5,18-19H,1H2. The summed E-state index contributed by atoms with van der Waals surface area (Å²) in [6.07, 6.45) is 1.38. The molecule has 4 nitrogen and oxygen atoms in total. The monoisotopic (exact) mass is 1020 g/mol. The minimum atomic E-state index is 0.191. The summed E-state index contributed by atoms with van der Waals surface area (Å²) in [5, 5.41) is 38.7. The molecule has 0 heterocycles. The predicted octanol–water partition coefficient (Wildman–Crippen LogP) is 11.5. The van der Waals surface area contributed by atoms with E-state index in [0.717, 1.165) is 22.3 Å². The molecule has 0 aliphatic carbocycles. The van der Waals surface area contributed by atoms with Crippen LogP contribution in [0.2, 0.25) is 0 Å². The molecule has 0 radical (unpaired) electrons. The highest BCUT2D eigenvalue weighted by Crippen LogP contribution is 2.38. The van der Waals surface area contributed by atoms with Crippen molar-refractivity contribution in [3.05, 3.63) is 107 Å². The lowest BCUT2D eigenvalue weighted by molar-refractivity contribution is 0.467. The molecule has 0 aliphatic heterocycles. The fourth-order valence-electron chi connectivity index (χ4n) is 3.35. The lowest BCUT2D eigenvalue weighted by atomic mass is 10.0. The van der Waals surface area contributed by atoms with Crippen molar-refractivity contribution in [3.8, 4) is 23.0 Å². The predicted molar refractivity (Wildman–Crippen MR) is 180 cm³/mol. The van der Waals surface area contributed by atoms with Crippen molar-refractivity contribution in [1.29, 1.82) is 0 Å². The van der Waals surface area contributed by atoms with Crippen LogP contribution in [0, 0.1) is 0 Å². The molecule has 0 amide bonds. The first-order valence-electron chi connectivity index (χ1n) is 10.4. The fourth-order valence-corrected chi connectivity index (χ4v) is 8.48. The SMILES string of the molecule is Oc1c(Br)cc(Cc2cc(Br)c(O)c(Br)c2)cc1Br.Oc1c(Br)cc(Cc2cc(Br)c(O)c(Br)c2)cc1Br. The van der Waals surface area contributed by atoms with Crippen molar-refractivity contribution >= 4 is 127 Å². The normalized spacial score (nSPS) is 10.7. The topological polar surface area (TPSA) is 80.9 Å². The number of aromatic hydroxyl groups is 4.